The van der Waals surface area contributed by atoms with Crippen molar-refractivity contribution in [3.8, 4) is 5.75 Å². The predicted molar refractivity (Wildman–Crippen MR) is 80.0 cm³/mol. The highest BCUT2D eigenvalue weighted by molar-refractivity contribution is 5.77. The second kappa shape index (κ2) is 8.59. The number of likely N-dealkylation sites (N-methyl/N-ethyl adjacent to an activating group) is 1. The molecule has 0 spiro atoms. The first-order valence-corrected chi connectivity index (χ1v) is 7.20. The summed E-state index contributed by atoms with van der Waals surface area (Å²) in [5.41, 5.74) is 1.11. The van der Waals surface area contributed by atoms with Gasteiger partial charge in [-0.2, -0.15) is 0 Å². The molecule has 0 atom stereocenters. The van der Waals surface area contributed by atoms with Gasteiger partial charge in [-0.25, -0.2) is 0 Å². The monoisotopic (exact) mass is 279 g/mol. The molecule has 1 rings (SSSR count). The van der Waals surface area contributed by atoms with Gasteiger partial charge in [0.25, 0.3) is 5.91 Å². The van der Waals surface area contributed by atoms with E-state index < -0.39 is 0 Å². The van der Waals surface area contributed by atoms with Crippen LogP contribution in [0.1, 0.15) is 38.7 Å². The number of para-hydroxylation sites is 1. The lowest BCUT2D eigenvalue weighted by Crippen LogP contribution is -2.36. The molecule has 1 amide bonds. The highest BCUT2D eigenvalue weighted by Crippen LogP contribution is 2.25. The van der Waals surface area contributed by atoms with Crippen LogP contribution in [0.25, 0.3) is 0 Å². The number of carbonyl (C=O) groups is 1. The van der Waals surface area contributed by atoms with Crippen LogP contribution < -0.4 is 4.74 Å². The first-order valence-electron chi connectivity index (χ1n) is 7.20. The van der Waals surface area contributed by atoms with E-state index in [0.717, 1.165) is 11.3 Å². The van der Waals surface area contributed by atoms with E-state index in [2.05, 4.69) is 13.8 Å². The van der Waals surface area contributed by atoms with Gasteiger partial charge in [-0.3, -0.25) is 4.79 Å². The maximum atomic E-state index is 12.1. The lowest BCUT2D eigenvalue weighted by atomic mass is 10.0. The van der Waals surface area contributed by atoms with Crippen molar-refractivity contribution in [3.63, 3.8) is 0 Å². The van der Waals surface area contributed by atoms with Gasteiger partial charge in [0.1, 0.15) is 5.75 Å². The number of aliphatic hydroxyl groups excluding tert-OH is 1. The van der Waals surface area contributed by atoms with E-state index in [1.54, 1.807) is 4.90 Å². The second-order valence-corrected chi connectivity index (χ2v) is 5.03. The maximum absolute atomic E-state index is 12.1. The minimum absolute atomic E-state index is 0.0421. The third-order valence-corrected chi connectivity index (χ3v) is 3.21. The average molecular weight is 279 g/mol. The zero-order valence-corrected chi connectivity index (χ0v) is 12.6. The lowest BCUT2D eigenvalue weighted by molar-refractivity contribution is -0.133. The van der Waals surface area contributed by atoms with E-state index in [1.807, 2.05) is 31.2 Å². The number of nitrogens with zero attached hydrogens (tertiary/aromatic N) is 1. The highest BCUT2D eigenvalue weighted by atomic mass is 16.5. The Hall–Kier alpha value is -1.55. The maximum Gasteiger partial charge on any atom is 0.260 e. The molecule has 0 unspecified atom stereocenters. The Labute approximate surface area is 121 Å². The van der Waals surface area contributed by atoms with Crippen molar-refractivity contribution in [3.05, 3.63) is 29.8 Å². The number of hydrogen-bond donors (Lipinski definition) is 1. The van der Waals surface area contributed by atoms with E-state index >= 15 is 0 Å². The van der Waals surface area contributed by atoms with E-state index in [0.29, 0.717) is 25.4 Å². The molecule has 0 bridgehead atoms. The van der Waals surface area contributed by atoms with Crippen LogP contribution in [0, 0.1) is 0 Å². The summed E-state index contributed by atoms with van der Waals surface area (Å²) in [4.78, 5) is 13.8. The zero-order chi connectivity index (χ0) is 15.0. The Bertz CT molecular complexity index is 418. The average Bonchev–Trinajstić information content (AvgIpc) is 2.46. The van der Waals surface area contributed by atoms with Crippen LogP contribution in [0.4, 0.5) is 0 Å². The first-order chi connectivity index (χ1) is 9.60. The quantitative estimate of drug-likeness (QED) is 0.795. The van der Waals surface area contributed by atoms with Gasteiger partial charge < -0.3 is 14.7 Å². The summed E-state index contributed by atoms with van der Waals surface area (Å²) in [7, 11) is 0. The van der Waals surface area contributed by atoms with E-state index in [1.165, 1.54) is 0 Å². The SMILES string of the molecule is CCN(CCCO)C(=O)COc1ccccc1C(C)C. The Balaban J connectivity index is 2.60. The van der Waals surface area contributed by atoms with Crippen molar-refractivity contribution in [2.45, 2.75) is 33.1 Å². The van der Waals surface area contributed by atoms with Gasteiger partial charge in [0.15, 0.2) is 6.61 Å². The lowest BCUT2D eigenvalue weighted by Gasteiger charge is -2.21. The van der Waals surface area contributed by atoms with Gasteiger partial charge in [-0.15, -0.1) is 0 Å². The molecule has 112 valence electrons. The van der Waals surface area contributed by atoms with Crippen molar-refractivity contribution >= 4 is 5.91 Å². The molecule has 0 saturated heterocycles. The predicted octanol–water partition coefficient (Wildman–Crippen LogP) is 2.42. The Morgan fingerprint density at radius 2 is 2.05 bits per heavy atom. The summed E-state index contributed by atoms with van der Waals surface area (Å²) >= 11 is 0. The summed E-state index contributed by atoms with van der Waals surface area (Å²) < 4.78 is 5.67. The van der Waals surface area contributed by atoms with Crippen LogP contribution in [0.15, 0.2) is 24.3 Å². The van der Waals surface area contributed by atoms with Gasteiger partial charge >= 0.3 is 0 Å². The molecule has 1 N–H and O–H groups in total. The van der Waals surface area contributed by atoms with Crippen LogP contribution in [0.5, 0.6) is 5.75 Å². The molecule has 20 heavy (non-hydrogen) atoms. The molecular weight excluding hydrogens is 254 g/mol. The van der Waals surface area contributed by atoms with Crippen molar-refractivity contribution in [2.24, 2.45) is 0 Å². The first kappa shape index (κ1) is 16.5. The number of benzene rings is 1. The Morgan fingerprint density at radius 1 is 1.35 bits per heavy atom. The van der Waals surface area contributed by atoms with E-state index in [9.17, 15) is 4.79 Å². The minimum atomic E-state index is -0.0421. The number of ether oxygens (including phenoxy) is 1. The molecule has 0 aliphatic carbocycles. The molecule has 0 aromatic heterocycles. The van der Waals surface area contributed by atoms with Crippen molar-refractivity contribution in [1.82, 2.24) is 4.90 Å². The molecule has 0 fully saturated rings. The normalized spacial score (nSPS) is 10.7. The smallest absolute Gasteiger partial charge is 0.260 e. The summed E-state index contributed by atoms with van der Waals surface area (Å²) in [5.74, 6) is 1.09. The van der Waals surface area contributed by atoms with Crippen LogP contribution in [0.2, 0.25) is 0 Å². The van der Waals surface area contributed by atoms with Crippen LogP contribution in [0.3, 0.4) is 0 Å². The van der Waals surface area contributed by atoms with Gasteiger partial charge in [0.05, 0.1) is 0 Å². The van der Waals surface area contributed by atoms with E-state index in [4.69, 9.17) is 9.84 Å². The number of aliphatic hydroxyl groups is 1. The summed E-state index contributed by atoms with van der Waals surface area (Å²) in [6.45, 7) is 7.48. The van der Waals surface area contributed by atoms with Crippen LogP contribution >= 0.6 is 0 Å². The molecule has 4 heteroatoms. The molecule has 0 saturated carbocycles. The standard InChI is InChI=1S/C16H25NO3/c1-4-17(10-7-11-18)16(19)12-20-15-9-6-5-8-14(15)13(2)3/h5-6,8-9,13,18H,4,7,10-12H2,1-3H3. The fourth-order valence-electron chi connectivity index (χ4n) is 2.04. The number of hydrogen-bond acceptors (Lipinski definition) is 3. The number of amides is 1. The molecule has 1 aromatic carbocycles. The fraction of sp³-hybridized carbons (Fsp3) is 0.562. The number of rotatable bonds is 8. The topological polar surface area (TPSA) is 49.8 Å². The van der Waals surface area contributed by atoms with Gasteiger partial charge in [0, 0.05) is 19.7 Å². The number of carbonyl (C=O) groups excluding carboxylic acids is 1. The highest BCUT2D eigenvalue weighted by Gasteiger charge is 2.13. The summed E-state index contributed by atoms with van der Waals surface area (Å²) in [6, 6.07) is 7.80. The van der Waals surface area contributed by atoms with E-state index in [-0.39, 0.29) is 19.1 Å². The largest absolute Gasteiger partial charge is 0.483 e. The second-order valence-electron chi connectivity index (χ2n) is 5.03. The van der Waals surface area contributed by atoms with Crippen molar-refractivity contribution in [1.29, 1.82) is 0 Å². The van der Waals surface area contributed by atoms with Crippen molar-refractivity contribution in [2.75, 3.05) is 26.3 Å². The molecule has 1 aromatic rings. The molecule has 0 aliphatic heterocycles. The molecule has 0 heterocycles. The zero-order valence-electron chi connectivity index (χ0n) is 12.6. The molecule has 0 aliphatic rings. The molecule has 4 nitrogen and oxygen atoms in total. The van der Waals surface area contributed by atoms with Crippen LogP contribution in [-0.2, 0) is 4.79 Å². The van der Waals surface area contributed by atoms with Gasteiger partial charge in [-0.1, -0.05) is 32.0 Å². The Kier molecular flexibility index (Phi) is 7.09. The molecule has 0 radical (unpaired) electrons. The van der Waals surface area contributed by atoms with Gasteiger partial charge in [0.2, 0.25) is 0 Å². The fourth-order valence-corrected chi connectivity index (χ4v) is 2.04. The summed E-state index contributed by atoms with van der Waals surface area (Å²) in [5, 5.41) is 8.83. The third-order valence-electron chi connectivity index (χ3n) is 3.21. The van der Waals surface area contributed by atoms with Crippen LogP contribution in [-0.4, -0.2) is 42.2 Å². The molecular formula is C16H25NO3. The minimum Gasteiger partial charge on any atom is -0.483 e. The van der Waals surface area contributed by atoms with Gasteiger partial charge in [-0.05, 0) is 30.9 Å². The van der Waals surface area contributed by atoms with Crippen molar-refractivity contribution < 1.29 is 14.6 Å². The third kappa shape index (κ3) is 4.85. The summed E-state index contributed by atoms with van der Waals surface area (Å²) in [6.07, 6.45) is 0.599. The Morgan fingerprint density at radius 3 is 2.65 bits per heavy atom.